The molecule has 1 amide bonds. The van der Waals surface area contributed by atoms with Crippen molar-refractivity contribution >= 4 is 5.91 Å². The first-order valence-electron chi connectivity index (χ1n) is 7.41. The van der Waals surface area contributed by atoms with Crippen molar-refractivity contribution in [1.82, 2.24) is 10.2 Å². The number of amides is 1. The molecule has 0 unspecified atom stereocenters. The molecule has 1 aromatic rings. The van der Waals surface area contributed by atoms with Crippen molar-refractivity contribution in [2.24, 2.45) is 5.73 Å². The number of carbonyl (C=O) groups excluding carboxylic acids is 1. The number of primary amides is 1. The molecule has 0 aromatic heterocycles. The smallest absolute Gasteiger partial charge is 0.248 e. The average Bonchev–Trinajstić information content (AvgIpc) is 2.90. The zero-order chi connectivity index (χ0) is 15.5. The van der Waals surface area contributed by atoms with Gasteiger partial charge in [0.2, 0.25) is 5.91 Å². The quantitative estimate of drug-likeness (QED) is 0.842. The summed E-state index contributed by atoms with van der Waals surface area (Å²) >= 11 is 0. The lowest BCUT2D eigenvalue weighted by Crippen LogP contribution is -2.49. The van der Waals surface area contributed by atoms with E-state index in [1.54, 1.807) is 0 Å². The third-order valence-electron chi connectivity index (χ3n) is 4.58. The number of carbonyl (C=O) groups is 1. The molecule has 0 heterocycles. The Labute approximate surface area is 125 Å². The number of rotatable bonds is 6. The van der Waals surface area contributed by atoms with Gasteiger partial charge >= 0.3 is 0 Å². The van der Waals surface area contributed by atoms with Crippen molar-refractivity contribution in [3.63, 3.8) is 0 Å². The second-order valence-corrected chi connectivity index (χ2v) is 6.10. The Morgan fingerprint density at radius 1 is 1.38 bits per heavy atom. The Morgan fingerprint density at radius 2 is 2.05 bits per heavy atom. The van der Waals surface area contributed by atoms with Crippen LogP contribution in [-0.2, 0) is 6.54 Å². The monoisotopic (exact) mass is 293 g/mol. The van der Waals surface area contributed by atoms with E-state index in [0.29, 0.717) is 17.7 Å². The summed E-state index contributed by atoms with van der Waals surface area (Å²) < 4.78 is 13.8. The van der Waals surface area contributed by atoms with Crippen molar-refractivity contribution in [3.05, 3.63) is 35.1 Å². The van der Waals surface area contributed by atoms with Gasteiger partial charge in [0, 0.05) is 29.8 Å². The Balaban J connectivity index is 2.00. The maximum Gasteiger partial charge on any atom is 0.248 e. The SMILES string of the molecule is CN(C)C1(CNCc2cc(C(N)=O)ccc2F)CCCC1. The van der Waals surface area contributed by atoms with Crippen LogP contribution in [0, 0.1) is 5.82 Å². The molecule has 2 rings (SSSR count). The molecule has 1 aliphatic carbocycles. The van der Waals surface area contributed by atoms with Crippen LogP contribution in [0.4, 0.5) is 4.39 Å². The molecule has 0 radical (unpaired) electrons. The highest BCUT2D eigenvalue weighted by molar-refractivity contribution is 5.92. The standard InChI is InChI=1S/C16H24FN3O/c1-20(2)16(7-3-4-8-16)11-19-10-13-9-12(15(18)21)5-6-14(13)17/h5-6,9,19H,3-4,7-8,10-11H2,1-2H3,(H2,18,21). The van der Waals surface area contributed by atoms with Crippen LogP contribution in [0.1, 0.15) is 41.6 Å². The minimum atomic E-state index is -0.531. The minimum absolute atomic E-state index is 0.164. The zero-order valence-electron chi connectivity index (χ0n) is 12.8. The molecule has 3 N–H and O–H groups in total. The van der Waals surface area contributed by atoms with E-state index in [4.69, 9.17) is 5.73 Å². The van der Waals surface area contributed by atoms with Gasteiger partial charge in [0.05, 0.1) is 0 Å². The highest BCUT2D eigenvalue weighted by Crippen LogP contribution is 2.33. The summed E-state index contributed by atoms with van der Waals surface area (Å²) in [5.74, 6) is -0.838. The summed E-state index contributed by atoms with van der Waals surface area (Å²) in [5, 5.41) is 3.34. The van der Waals surface area contributed by atoms with Crippen LogP contribution < -0.4 is 11.1 Å². The van der Waals surface area contributed by atoms with Crippen LogP contribution in [0.25, 0.3) is 0 Å². The number of hydrogen-bond acceptors (Lipinski definition) is 3. The fourth-order valence-corrected chi connectivity index (χ4v) is 3.11. The topological polar surface area (TPSA) is 58.4 Å². The van der Waals surface area contributed by atoms with Crippen LogP contribution >= 0.6 is 0 Å². The molecule has 21 heavy (non-hydrogen) atoms. The van der Waals surface area contributed by atoms with E-state index in [0.717, 1.165) is 19.4 Å². The Morgan fingerprint density at radius 3 is 2.62 bits per heavy atom. The van der Waals surface area contributed by atoms with Gasteiger partial charge in [0.1, 0.15) is 5.82 Å². The molecular weight excluding hydrogens is 269 g/mol. The number of nitrogens with one attached hydrogen (secondary N) is 1. The Bertz CT molecular complexity index is 510. The summed E-state index contributed by atoms with van der Waals surface area (Å²) in [5.41, 5.74) is 6.23. The van der Waals surface area contributed by atoms with E-state index >= 15 is 0 Å². The van der Waals surface area contributed by atoms with Crippen molar-refractivity contribution in [2.75, 3.05) is 20.6 Å². The molecule has 4 nitrogen and oxygen atoms in total. The van der Waals surface area contributed by atoms with Crippen molar-refractivity contribution in [2.45, 2.75) is 37.8 Å². The fourth-order valence-electron chi connectivity index (χ4n) is 3.11. The molecule has 0 spiro atoms. The Hall–Kier alpha value is -1.46. The molecule has 116 valence electrons. The van der Waals surface area contributed by atoms with Crippen LogP contribution in [0.3, 0.4) is 0 Å². The number of likely N-dealkylation sites (N-methyl/N-ethyl adjacent to an activating group) is 1. The second-order valence-electron chi connectivity index (χ2n) is 6.10. The first-order valence-corrected chi connectivity index (χ1v) is 7.41. The van der Waals surface area contributed by atoms with Gasteiger partial charge in [-0.15, -0.1) is 0 Å². The lowest BCUT2D eigenvalue weighted by Gasteiger charge is -2.36. The highest BCUT2D eigenvalue weighted by Gasteiger charge is 2.35. The molecule has 0 aliphatic heterocycles. The highest BCUT2D eigenvalue weighted by atomic mass is 19.1. The van der Waals surface area contributed by atoms with Crippen LogP contribution in [-0.4, -0.2) is 37.0 Å². The van der Waals surface area contributed by atoms with Crippen molar-refractivity contribution in [1.29, 1.82) is 0 Å². The maximum atomic E-state index is 13.8. The van der Waals surface area contributed by atoms with Crippen LogP contribution in [0.5, 0.6) is 0 Å². The number of nitrogens with zero attached hydrogens (tertiary/aromatic N) is 1. The van der Waals surface area contributed by atoms with E-state index in [-0.39, 0.29) is 11.4 Å². The van der Waals surface area contributed by atoms with Gasteiger partial charge in [-0.1, -0.05) is 12.8 Å². The van der Waals surface area contributed by atoms with Gasteiger partial charge in [-0.3, -0.25) is 4.79 Å². The van der Waals surface area contributed by atoms with E-state index in [2.05, 4.69) is 24.3 Å². The van der Waals surface area contributed by atoms with Crippen LogP contribution in [0.15, 0.2) is 18.2 Å². The zero-order valence-corrected chi connectivity index (χ0v) is 12.8. The third kappa shape index (κ3) is 3.60. The summed E-state index contributed by atoms with van der Waals surface area (Å²) in [6.07, 6.45) is 4.81. The molecule has 1 aromatic carbocycles. The number of halogens is 1. The normalized spacial score (nSPS) is 17.3. The number of hydrogen-bond donors (Lipinski definition) is 2. The van der Waals surface area contributed by atoms with Gasteiger partial charge < -0.3 is 16.0 Å². The maximum absolute atomic E-state index is 13.8. The van der Waals surface area contributed by atoms with Gasteiger partial charge in [-0.05, 0) is 45.1 Å². The lowest BCUT2D eigenvalue weighted by molar-refractivity contribution is 0.1000. The van der Waals surface area contributed by atoms with Gasteiger partial charge in [0.15, 0.2) is 0 Å². The third-order valence-corrected chi connectivity index (χ3v) is 4.58. The van der Waals surface area contributed by atoms with Gasteiger partial charge in [-0.25, -0.2) is 4.39 Å². The predicted octanol–water partition coefficient (Wildman–Crippen LogP) is 1.89. The van der Waals surface area contributed by atoms with Crippen molar-refractivity contribution in [3.8, 4) is 0 Å². The van der Waals surface area contributed by atoms with Gasteiger partial charge in [0.25, 0.3) is 0 Å². The van der Waals surface area contributed by atoms with E-state index in [9.17, 15) is 9.18 Å². The molecule has 1 fully saturated rings. The second kappa shape index (κ2) is 6.54. The number of nitrogens with two attached hydrogens (primary N) is 1. The van der Waals surface area contributed by atoms with Crippen LogP contribution in [0.2, 0.25) is 0 Å². The summed E-state index contributed by atoms with van der Waals surface area (Å²) in [6, 6.07) is 4.25. The predicted molar refractivity (Wildman–Crippen MR) is 81.5 cm³/mol. The first-order chi connectivity index (χ1) is 9.94. The summed E-state index contributed by atoms with van der Waals surface area (Å²) in [4.78, 5) is 13.4. The molecule has 1 saturated carbocycles. The molecule has 0 saturated heterocycles. The Kier molecular flexibility index (Phi) is 4.96. The minimum Gasteiger partial charge on any atom is -0.366 e. The average molecular weight is 293 g/mol. The molecule has 0 atom stereocenters. The van der Waals surface area contributed by atoms with Gasteiger partial charge in [-0.2, -0.15) is 0 Å². The van der Waals surface area contributed by atoms with E-state index in [1.165, 1.54) is 31.0 Å². The fraction of sp³-hybridized carbons (Fsp3) is 0.562. The largest absolute Gasteiger partial charge is 0.366 e. The number of benzene rings is 1. The summed E-state index contributed by atoms with van der Waals surface area (Å²) in [6.45, 7) is 1.22. The van der Waals surface area contributed by atoms with E-state index in [1.807, 2.05) is 0 Å². The molecule has 5 heteroatoms. The molecular formula is C16H24FN3O. The van der Waals surface area contributed by atoms with E-state index < -0.39 is 5.91 Å². The first kappa shape index (κ1) is 15.9. The van der Waals surface area contributed by atoms with Crippen molar-refractivity contribution < 1.29 is 9.18 Å². The molecule has 0 bridgehead atoms. The summed E-state index contributed by atoms with van der Waals surface area (Å²) in [7, 11) is 4.20. The molecule has 1 aliphatic rings. The lowest BCUT2D eigenvalue weighted by atomic mass is 9.96.